The smallest absolute Gasteiger partial charge is 0.274 e. The van der Waals surface area contributed by atoms with Crippen LogP contribution in [0.2, 0.25) is 0 Å². The molecule has 0 aliphatic heterocycles. The van der Waals surface area contributed by atoms with Gasteiger partial charge in [-0.1, -0.05) is 0 Å². The van der Waals surface area contributed by atoms with Crippen LogP contribution in [-0.4, -0.2) is 9.91 Å². The van der Waals surface area contributed by atoms with Gasteiger partial charge in [0.15, 0.2) is 0 Å². The highest BCUT2D eigenvalue weighted by Crippen LogP contribution is 2.31. The third-order valence-electron chi connectivity index (χ3n) is 2.42. The van der Waals surface area contributed by atoms with Crippen molar-refractivity contribution in [3.8, 4) is 0 Å². The largest absolute Gasteiger partial charge is 0.379 e. The molecule has 1 aromatic carbocycles. The maximum absolute atomic E-state index is 10.9. The molecule has 7 heteroatoms. The number of nitrogens with one attached hydrogen (secondary N) is 1. The van der Waals surface area contributed by atoms with E-state index in [9.17, 15) is 10.1 Å². The van der Waals surface area contributed by atoms with E-state index in [4.69, 9.17) is 0 Å². The Morgan fingerprint density at radius 2 is 2.33 bits per heavy atom. The first-order valence-corrected chi connectivity index (χ1v) is 6.81. The monoisotopic (exact) mass is 327 g/mol. The van der Waals surface area contributed by atoms with Crippen LogP contribution in [0, 0.1) is 17.0 Å². The fraction of sp³-hybridized carbons (Fsp3) is 0.182. The lowest BCUT2D eigenvalue weighted by molar-refractivity contribution is -0.385. The molecule has 0 unspecified atom stereocenters. The number of anilines is 1. The Kier molecular flexibility index (Phi) is 3.93. The topological polar surface area (TPSA) is 68.1 Å². The first-order chi connectivity index (χ1) is 8.58. The standard InChI is InChI=1S/C11H10BrN3O2S/c1-7-2-9(12)10(3-11(7)15(16)17)14-5-8-4-13-6-18-8/h2-4,6,14H,5H2,1H3. The Morgan fingerprint density at radius 3 is 2.94 bits per heavy atom. The molecule has 0 amide bonds. The molecule has 0 fully saturated rings. The van der Waals surface area contributed by atoms with Crippen molar-refractivity contribution in [1.82, 2.24) is 4.98 Å². The van der Waals surface area contributed by atoms with Crippen molar-refractivity contribution in [2.75, 3.05) is 5.32 Å². The fourth-order valence-electron chi connectivity index (χ4n) is 1.51. The average molecular weight is 328 g/mol. The van der Waals surface area contributed by atoms with E-state index in [1.807, 2.05) is 0 Å². The van der Waals surface area contributed by atoms with Crippen LogP contribution in [0.1, 0.15) is 10.4 Å². The molecule has 0 saturated heterocycles. The van der Waals surface area contributed by atoms with Crippen molar-refractivity contribution in [2.24, 2.45) is 0 Å². The van der Waals surface area contributed by atoms with Crippen LogP contribution in [0.4, 0.5) is 11.4 Å². The quantitative estimate of drug-likeness (QED) is 0.686. The Labute approximate surface area is 116 Å². The second kappa shape index (κ2) is 5.45. The number of aromatic nitrogens is 1. The predicted octanol–water partition coefficient (Wildman–Crippen LogP) is 3.73. The van der Waals surface area contributed by atoms with Gasteiger partial charge >= 0.3 is 0 Å². The van der Waals surface area contributed by atoms with Gasteiger partial charge in [0, 0.05) is 27.2 Å². The van der Waals surface area contributed by atoms with Gasteiger partial charge in [0.2, 0.25) is 0 Å². The molecule has 1 aromatic heterocycles. The van der Waals surface area contributed by atoms with Gasteiger partial charge in [0.05, 0.1) is 22.7 Å². The molecule has 1 heterocycles. The second-order valence-corrected chi connectivity index (χ2v) is 5.52. The van der Waals surface area contributed by atoms with E-state index in [2.05, 4.69) is 26.2 Å². The van der Waals surface area contributed by atoms with Gasteiger partial charge in [-0.3, -0.25) is 15.1 Å². The minimum Gasteiger partial charge on any atom is -0.379 e. The maximum atomic E-state index is 10.9. The highest BCUT2D eigenvalue weighted by atomic mass is 79.9. The van der Waals surface area contributed by atoms with E-state index in [0.717, 1.165) is 9.35 Å². The Bertz CT molecular complexity index is 572. The lowest BCUT2D eigenvalue weighted by Crippen LogP contribution is -2.00. The minimum atomic E-state index is -0.375. The summed E-state index contributed by atoms with van der Waals surface area (Å²) in [7, 11) is 0. The highest BCUT2D eigenvalue weighted by molar-refractivity contribution is 9.10. The van der Waals surface area contributed by atoms with Gasteiger partial charge in [-0.2, -0.15) is 0 Å². The molecule has 5 nitrogen and oxygen atoms in total. The SMILES string of the molecule is Cc1cc(Br)c(NCc2cncs2)cc1[N+](=O)[O-]. The van der Waals surface area contributed by atoms with Gasteiger partial charge in [-0.15, -0.1) is 11.3 Å². The summed E-state index contributed by atoms with van der Waals surface area (Å²) in [6.07, 6.45) is 1.77. The zero-order chi connectivity index (χ0) is 13.1. The molecule has 0 aliphatic rings. The Morgan fingerprint density at radius 1 is 1.56 bits per heavy atom. The van der Waals surface area contributed by atoms with Gasteiger partial charge in [-0.25, -0.2) is 0 Å². The molecule has 0 spiro atoms. The lowest BCUT2D eigenvalue weighted by Gasteiger charge is -2.08. The number of hydrogen-bond donors (Lipinski definition) is 1. The molecule has 2 rings (SSSR count). The molecule has 0 aliphatic carbocycles. The summed E-state index contributed by atoms with van der Waals surface area (Å²) >= 11 is 4.94. The number of rotatable bonds is 4. The number of nitro groups is 1. The fourth-order valence-corrected chi connectivity index (χ4v) is 2.64. The van der Waals surface area contributed by atoms with Crippen molar-refractivity contribution in [2.45, 2.75) is 13.5 Å². The summed E-state index contributed by atoms with van der Waals surface area (Å²) in [5.41, 5.74) is 3.21. The van der Waals surface area contributed by atoms with E-state index in [1.165, 1.54) is 11.3 Å². The molecule has 1 N–H and O–H groups in total. The minimum absolute atomic E-state index is 0.116. The van der Waals surface area contributed by atoms with Crippen LogP contribution in [0.25, 0.3) is 0 Å². The van der Waals surface area contributed by atoms with E-state index >= 15 is 0 Å². The lowest BCUT2D eigenvalue weighted by atomic mass is 10.2. The summed E-state index contributed by atoms with van der Waals surface area (Å²) in [5.74, 6) is 0. The van der Waals surface area contributed by atoms with E-state index in [-0.39, 0.29) is 10.6 Å². The molecule has 2 aromatic rings. The molecule has 0 radical (unpaired) electrons. The van der Waals surface area contributed by atoms with E-state index in [1.54, 1.807) is 30.8 Å². The van der Waals surface area contributed by atoms with Crippen molar-refractivity contribution in [1.29, 1.82) is 0 Å². The predicted molar refractivity (Wildman–Crippen MR) is 75.0 cm³/mol. The maximum Gasteiger partial charge on any atom is 0.274 e. The molecule has 0 saturated carbocycles. The van der Waals surface area contributed by atoms with Crippen LogP contribution in [-0.2, 0) is 6.54 Å². The number of hydrogen-bond acceptors (Lipinski definition) is 5. The first kappa shape index (κ1) is 13.0. The number of thiazole rings is 1. The third-order valence-corrected chi connectivity index (χ3v) is 3.85. The Balaban J connectivity index is 2.22. The van der Waals surface area contributed by atoms with Gasteiger partial charge < -0.3 is 5.32 Å². The zero-order valence-corrected chi connectivity index (χ0v) is 11.9. The summed E-state index contributed by atoms with van der Waals surface area (Å²) in [6.45, 7) is 2.32. The van der Waals surface area contributed by atoms with Gasteiger partial charge in [-0.05, 0) is 28.9 Å². The van der Waals surface area contributed by atoms with Crippen LogP contribution >= 0.6 is 27.3 Å². The third kappa shape index (κ3) is 2.85. The van der Waals surface area contributed by atoms with Crippen LogP contribution < -0.4 is 5.32 Å². The second-order valence-electron chi connectivity index (χ2n) is 3.70. The van der Waals surface area contributed by atoms with Crippen LogP contribution in [0.15, 0.2) is 28.3 Å². The molecule has 18 heavy (non-hydrogen) atoms. The molecule has 0 atom stereocenters. The normalized spacial score (nSPS) is 10.3. The molecular formula is C11H10BrN3O2S. The summed E-state index contributed by atoms with van der Waals surface area (Å²) in [6, 6.07) is 3.29. The van der Waals surface area contributed by atoms with E-state index < -0.39 is 0 Å². The zero-order valence-electron chi connectivity index (χ0n) is 9.51. The molecule has 0 bridgehead atoms. The van der Waals surface area contributed by atoms with Crippen molar-refractivity contribution in [3.05, 3.63) is 48.9 Å². The van der Waals surface area contributed by atoms with Crippen molar-refractivity contribution >= 4 is 38.6 Å². The van der Waals surface area contributed by atoms with E-state index in [0.29, 0.717) is 17.8 Å². The number of nitrogens with zero attached hydrogens (tertiary/aromatic N) is 2. The number of nitro benzene ring substituents is 1. The first-order valence-electron chi connectivity index (χ1n) is 5.13. The summed E-state index contributed by atoms with van der Waals surface area (Å²) < 4.78 is 0.815. The summed E-state index contributed by atoms with van der Waals surface area (Å²) in [4.78, 5) is 15.5. The Hall–Kier alpha value is -1.47. The molecular weight excluding hydrogens is 318 g/mol. The number of benzene rings is 1. The van der Waals surface area contributed by atoms with Gasteiger partial charge in [0.25, 0.3) is 5.69 Å². The molecule has 94 valence electrons. The van der Waals surface area contributed by atoms with Crippen LogP contribution in [0.3, 0.4) is 0 Å². The highest BCUT2D eigenvalue weighted by Gasteiger charge is 2.14. The number of halogens is 1. The van der Waals surface area contributed by atoms with Gasteiger partial charge in [0.1, 0.15) is 0 Å². The summed E-state index contributed by atoms with van der Waals surface area (Å²) in [5, 5.41) is 14.0. The van der Waals surface area contributed by atoms with Crippen molar-refractivity contribution in [3.63, 3.8) is 0 Å². The number of aryl methyl sites for hydroxylation is 1. The average Bonchev–Trinajstić information content (AvgIpc) is 2.80. The van der Waals surface area contributed by atoms with Crippen molar-refractivity contribution < 1.29 is 4.92 Å². The van der Waals surface area contributed by atoms with Crippen LogP contribution in [0.5, 0.6) is 0 Å².